The normalized spacial score (nSPS) is 11.9. The van der Waals surface area contributed by atoms with E-state index in [1.54, 1.807) is 6.20 Å². The van der Waals surface area contributed by atoms with Crippen LogP contribution in [0.2, 0.25) is 5.15 Å². The lowest BCUT2D eigenvalue weighted by molar-refractivity contribution is 0.636. The fraction of sp³-hybridized carbons (Fsp3) is 0.444. The van der Waals surface area contributed by atoms with Gasteiger partial charge in [0.2, 0.25) is 0 Å². The van der Waals surface area contributed by atoms with Gasteiger partial charge in [0.15, 0.2) is 0 Å². The maximum atomic E-state index is 5.88. The molecule has 2 nitrogen and oxygen atoms in total. The quantitative estimate of drug-likeness (QED) is 0.797. The molecule has 1 aromatic rings. The van der Waals surface area contributed by atoms with Gasteiger partial charge in [-0.2, -0.15) is 0 Å². The van der Waals surface area contributed by atoms with Crippen LogP contribution >= 0.6 is 24.0 Å². The van der Waals surface area contributed by atoms with Crippen LogP contribution in [0.5, 0.6) is 0 Å². The molecule has 1 atom stereocenters. The van der Waals surface area contributed by atoms with Crippen molar-refractivity contribution in [1.82, 2.24) is 4.98 Å². The lowest BCUT2D eigenvalue weighted by atomic mass is 10.1. The van der Waals surface area contributed by atoms with Gasteiger partial charge in [0.05, 0.1) is 0 Å². The first-order chi connectivity index (χ1) is 5.75. The number of halogens is 2. The van der Waals surface area contributed by atoms with E-state index in [2.05, 4.69) is 11.9 Å². The molecule has 2 N–H and O–H groups in total. The van der Waals surface area contributed by atoms with E-state index in [1.165, 1.54) is 0 Å². The van der Waals surface area contributed by atoms with Crippen molar-refractivity contribution in [2.75, 3.05) is 0 Å². The van der Waals surface area contributed by atoms with Crippen molar-refractivity contribution in [1.29, 1.82) is 0 Å². The summed E-state index contributed by atoms with van der Waals surface area (Å²) in [6, 6.07) is 3.81. The second kappa shape index (κ2) is 6.19. The third kappa shape index (κ3) is 3.51. The fourth-order valence-electron chi connectivity index (χ4n) is 1.14. The minimum atomic E-state index is 0. The smallest absolute Gasteiger partial charge is 0.133 e. The third-order valence-electron chi connectivity index (χ3n) is 1.79. The highest BCUT2D eigenvalue weighted by molar-refractivity contribution is 6.30. The summed E-state index contributed by atoms with van der Waals surface area (Å²) in [7, 11) is 0. The van der Waals surface area contributed by atoms with E-state index in [4.69, 9.17) is 17.3 Å². The van der Waals surface area contributed by atoms with Crippen molar-refractivity contribution in [3.63, 3.8) is 0 Å². The van der Waals surface area contributed by atoms with Crippen molar-refractivity contribution in [3.8, 4) is 0 Å². The molecule has 0 amide bonds. The molecule has 0 bridgehead atoms. The summed E-state index contributed by atoms with van der Waals surface area (Å²) in [6.45, 7) is 2.10. The third-order valence-corrected chi connectivity index (χ3v) is 2.10. The number of nitrogens with zero attached hydrogens (tertiary/aromatic N) is 1. The minimum absolute atomic E-state index is 0. The average molecular weight is 221 g/mol. The summed E-state index contributed by atoms with van der Waals surface area (Å²) in [4.78, 5) is 3.97. The summed E-state index contributed by atoms with van der Waals surface area (Å²) >= 11 is 5.86. The highest BCUT2D eigenvalue weighted by atomic mass is 35.5. The first-order valence-electron chi connectivity index (χ1n) is 4.11. The molecule has 0 saturated heterocycles. The Bertz CT molecular complexity index is 253. The first-order valence-corrected chi connectivity index (χ1v) is 4.49. The number of rotatable bonds is 3. The maximum absolute atomic E-state index is 5.88. The SMILES string of the molecule is CCC[C@H](N)c1cccnc1Cl.Cl. The molecule has 0 aromatic carbocycles. The number of aromatic nitrogens is 1. The van der Waals surface area contributed by atoms with Crippen LogP contribution in [0.4, 0.5) is 0 Å². The molecule has 1 heterocycles. The Kier molecular flexibility index (Phi) is 6.04. The Morgan fingerprint density at radius 3 is 2.85 bits per heavy atom. The molecule has 0 saturated carbocycles. The van der Waals surface area contributed by atoms with Crippen molar-refractivity contribution < 1.29 is 0 Å². The molecule has 1 aromatic heterocycles. The minimum Gasteiger partial charge on any atom is -0.324 e. The van der Waals surface area contributed by atoms with E-state index in [0.29, 0.717) is 5.15 Å². The molecule has 0 radical (unpaired) electrons. The molecule has 0 spiro atoms. The zero-order chi connectivity index (χ0) is 8.97. The molecule has 0 aliphatic carbocycles. The summed E-state index contributed by atoms with van der Waals surface area (Å²) < 4.78 is 0. The van der Waals surface area contributed by atoms with Crippen LogP contribution in [0.25, 0.3) is 0 Å². The molecule has 74 valence electrons. The van der Waals surface area contributed by atoms with Crippen LogP contribution in [0.1, 0.15) is 31.4 Å². The monoisotopic (exact) mass is 220 g/mol. The molecule has 1 rings (SSSR count). The van der Waals surface area contributed by atoms with Crippen LogP contribution in [-0.2, 0) is 0 Å². The van der Waals surface area contributed by atoms with Crippen LogP contribution in [0.15, 0.2) is 18.3 Å². The van der Waals surface area contributed by atoms with Crippen molar-refractivity contribution >= 4 is 24.0 Å². The topological polar surface area (TPSA) is 38.9 Å². The Hall–Kier alpha value is -0.310. The van der Waals surface area contributed by atoms with E-state index >= 15 is 0 Å². The van der Waals surface area contributed by atoms with E-state index in [1.807, 2.05) is 12.1 Å². The predicted molar refractivity (Wildman–Crippen MR) is 58.3 cm³/mol. The second-order valence-corrected chi connectivity index (χ2v) is 3.14. The van der Waals surface area contributed by atoms with Gasteiger partial charge >= 0.3 is 0 Å². The summed E-state index contributed by atoms with van der Waals surface area (Å²) in [6.07, 6.45) is 3.68. The van der Waals surface area contributed by atoms with Gasteiger partial charge in [-0.3, -0.25) is 0 Å². The van der Waals surface area contributed by atoms with E-state index in [0.717, 1.165) is 18.4 Å². The Morgan fingerprint density at radius 1 is 1.62 bits per heavy atom. The lowest BCUT2D eigenvalue weighted by Gasteiger charge is -2.10. The fourth-order valence-corrected chi connectivity index (χ4v) is 1.40. The van der Waals surface area contributed by atoms with Gasteiger partial charge in [-0.1, -0.05) is 31.0 Å². The van der Waals surface area contributed by atoms with Crippen molar-refractivity contribution in [2.45, 2.75) is 25.8 Å². The number of nitrogens with two attached hydrogens (primary N) is 1. The van der Waals surface area contributed by atoms with Gasteiger partial charge in [-0.15, -0.1) is 12.4 Å². The molecule has 13 heavy (non-hydrogen) atoms. The van der Waals surface area contributed by atoms with Gasteiger partial charge < -0.3 is 5.73 Å². The Labute approximate surface area is 89.9 Å². The zero-order valence-electron chi connectivity index (χ0n) is 7.53. The van der Waals surface area contributed by atoms with Gasteiger partial charge in [0, 0.05) is 17.8 Å². The molecular formula is C9H14Cl2N2. The second-order valence-electron chi connectivity index (χ2n) is 2.78. The van der Waals surface area contributed by atoms with Crippen molar-refractivity contribution in [2.24, 2.45) is 5.73 Å². The number of hydrogen-bond donors (Lipinski definition) is 1. The lowest BCUT2D eigenvalue weighted by Crippen LogP contribution is -2.10. The van der Waals surface area contributed by atoms with Gasteiger partial charge in [0.25, 0.3) is 0 Å². The van der Waals surface area contributed by atoms with E-state index in [-0.39, 0.29) is 18.4 Å². The molecule has 0 fully saturated rings. The molecule has 4 heteroatoms. The van der Waals surface area contributed by atoms with E-state index < -0.39 is 0 Å². The molecule has 0 aliphatic rings. The predicted octanol–water partition coefficient (Wildman–Crippen LogP) is 2.96. The van der Waals surface area contributed by atoms with Crippen LogP contribution < -0.4 is 5.73 Å². The standard InChI is InChI=1S/C9H13ClN2.ClH/c1-2-4-8(11)7-5-3-6-12-9(7)10;/h3,5-6,8H,2,4,11H2,1H3;1H/t8-;/m0./s1. The molecule has 0 unspecified atom stereocenters. The Balaban J connectivity index is 0.00000144. The molecule has 0 aliphatic heterocycles. The van der Waals surface area contributed by atoms with Crippen LogP contribution in [0, 0.1) is 0 Å². The maximum Gasteiger partial charge on any atom is 0.133 e. The van der Waals surface area contributed by atoms with E-state index in [9.17, 15) is 0 Å². The average Bonchev–Trinajstić information content (AvgIpc) is 2.05. The highest BCUT2D eigenvalue weighted by Crippen LogP contribution is 2.21. The van der Waals surface area contributed by atoms with Gasteiger partial charge in [-0.25, -0.2) is 4.98 Å². The Morgan fingerprint density at radius 2 is 2.31 bits per heavy atom. The van der Waals surface area contributed by atoms with Crippen molar-refractivity contribution in [3.05, 3.63) is 29.0 Å². The summed E-state index contributed by atoms with van der Waals surface area (Å²) in [5.74, 6) is 0. The van der Waals surface area contributed by atoms with Gasteiger partial charge in [-0.05, 0) is 12.5 Å². The first kappa shape index (κ1) is 12.7. The zero-order valence-corrected chi connectivity index (χ0v) is 9.11. The molecular weight excluding hydrogens is 207 g/mol. The van der Waals surface area contributed by atoms with Crippen LogP contribution in [-0.4, -0.2) is 4.98 Å². The number of hydrogen-bond acceptors (Lipinski definition) is 2. The largest absolute Gasteiger partial charge is 0.324 e. The highest BCUT2D eigenvalue weighted by Gasteiger charge is 2.08. The summed E-state index contributed by atoms with van der Waals surface area (Å²) in [5.41, 5.74) is 6.83. The van der Waals surface area contributed by atoms with Crippen LogP contribution in [0.3, 0.4) is 0 Å². The summed E-state index contributed by atoms with van der Waals surface area (Å²) in [5, 5.41) is 0.526. The van der Waals surface area contributed by atoms with Gasteiger partial charge in [0.1, 0.15) is 5.15 Å². The number of pyridine rings is 1.